The molecule has 2 atom stereocenters. The second-order valence-electron chi connectivity index (χ2n) is 3.72. The van der Waals surface area contributed by atoms with E-state index >= 15 is 0 Å². The zero-order valence-electron chi connectivity index (χ0n) is 8.75. The van der Waals surface area contributed by atoms with Gasteiger partial charge < -0.3 is 0 Å². The fourth-order valence-electron chi connectivity index (χ4n) is 1.56. The third-order valence-electron chi connectivity index (χ3n) is 2.73. The summed E-state index contributed by atoms with van der Waals surface area (Å²) in [5, 5.41) is 1.95. The van der Waals surface area contributed by atoms with Gasteiger partial charge in [0.1, 0.15) is 5.78 Å². The summed E-state index contributed by atoms with van der Waals surface area (Å²) in [5.74, 6) is 0.481. The third-order valence-corrected chi connectivity index (χ3v) is 2.73. The van der Waals surface area contributed by atoms with Gasteiger partial charge in [-0.05, 0) is 13.3 Å². The van der Waals surface area contributed by atoms with E-state index in [1.165, 1.54) is 0 Å². The molecule has 1 fully saturated rings. The summed E-state index contributed by atoms with van der Waals surface area (Å²) >= 11 is 0. The minimum absolute atomic E-state index is 0.116. The van der Waals surface area contributed by atoms with Crippen molar-refractivity contribution < 1.29 is 9.63 Å². The molecule has 0 N–H and O–H groups in total. The molecule has 0 radical (unpaired) electrons. The summed E-state index contributed by atoms with van der Waals surface area (Å²) in [6.45, 7) is 7.63. The van der Waals surface area contributed by atoms with Crippen molar-refractivity contribution in [3.05, 3.63) is 0 Å². The van der Waals surface area contributed by atoms with Gasteiger partial charge in [0.2, 0.25) is 0 Å². The molecule has 0 aromatic rings. The number of ketones is 1. The van der Waals surface area contributed by atoms with Crippen LogP contribution >= 0.6 is 0 Å². The molecule has 0 amide bonds. The van der Waals surface area contributed by atoms with Crippen LogP contribution in [0, 0.1) is 5.92 Å². The summed E-state index contributed by atoms with van der Waals surface area (Å²) in [6.07, 6.45) is 1.65. The Morgan fingerprint density at radius 2 is 2.23 bits per heavy atom. The Morgan fingerprint density at radius 1 is 1.54 bits per heavy atom. The lowest BCUT2D eigenvalue weighted by Crippen LogP contribution is -2.46. The van der Waals surface area contributed by atoms with Gasteiger partial charge in [-0.1, -0.05) is 13.8 Å². The molecule has 0 spiro atoms. The van der Waals surface area contributed by atoms with Crippen molar-refractivity contribution in [3.63, 3.8) is 0 Å². The summed E-state index contributed by atoms with van der Waals surface area (Å²) in [6, 6.07) is 0.229. The van der Waals surface area contributed by atoms with E-state index in [2.05, 4.69) is 13.8 Å². The SMILES string of the molecule is CCCON1CCC(=O)C(C)C1C. The predicted molar refractivity (Wildman–Crippen MR) is 51.2 cm³/mol. The smallest absolute Gasteiger partial charge is 0.138 e. The molecule has 1 aliphatic heterocycles. The highest BCUT2D eigenvalue weighted by Gasteiger charge is 2.31. The summed E-state index contributed by atoms with van der Waals surface area (Å²) in [7, 11) is 0. The van der Waals surface area contributed by atoms with Crippen molar-refractivity contribution in [2.45, 2.75) is 39.7 Å². The topological polar surface area (TPSA) is 29.5 Å². The normalized spacial score (nSPS) is 30.8. The van der Waals surface area contributed by atoms with E-state index in [-0.39, 0.29) is 12.0 Å². The van der Waals surface area contributed by atoms with Gasteiger partial charge in [-0.15, -0.1) is 0 Å². The number of carbonyl (C=O) groups is 1. The summed E-state index contributed by atoms with van der Waals surface area (Å²) < 4.78 is 0. The van der Waals surface area contributed by atoms with Gasteiger partial charge in [0.05, 0.1) is 6.61 Å². The number of carbonyl (C=O) groups excluding carboxylic acids is 1. The first-order valence-corrected chi connectivity index (χ1v) is 5.09. The Labute approximate surface area is 80.0 Å². The van der Waals surface area contributed by atoms with Gasteiger partial charge in [-0.2, -0.15) is 5.06 Å². The number of Topliss-reactive ketones (excluding diaryl/α,β-unsaturated/α-hetero) is 1. The predicted octanol–water partition coefficient (Wildman–Crippen LogP) is 1.63. The monoisotopic (exact) mass is 185 g/mol. The van der Waals surface area contributed by atoms with Gasteiger partial charge in [0.25, 0.3) is 0 Å². The van der Waals surface area contributed by atoms with Crippen LogP contribution in [0.5, 0.6) is 0 Å². The summed E-state index contributed by atoms with van der Waals surface area (Å²) in [5.41, 5.74) is 0. The fraction of sp³-hybridized carbons (Fsp3) is 0.900. The maximum Gasteiger partial charge on any atom is 0.138 e. The Kier molecular flexibility index (Phi) is 3.88. The number of piperidine rings is 1. The molecule has 76 valence electrons. The Morgan fingerprint density at radius 3 is 2.85 bits per heavy atom. The van der Waals surface area contributed by atoms with Crippen molar-refractivity contribution in [3.8, 4) is 0 Å². The first kappa shape index (κ1) is 10.7. The van der Waals surface area contributed by atoms with Crippen LogP contribution in [0.2, 0.25) is 0 Å². The number of hydrogen-bond donors (Lipinski definition) is 0. The van der Waals surface area contributed by atoms with Crippen LogP contribution in [0.3, 0.4) is 0 Å². The molecule has 13 heavy (non-hydrogen) atoms. The van der Waals surface area contributed by atoms with Gasteiger partial charge in [0.15, 0.2) is 0 Å². The van der Waals surface area contributed by atoms with Crippen molar-refractivity contribution in [2.24, 2.45) is 5.92 Å². The third kappa shape index (κ3) is 2.51. The number of nitrogens with zero attached hydrogens (tertiary/aromatic N) is 1. The molecule has 0 aromatic carbocycles. The molecule has 3 nitrogen and oxygen atoms in total. The highest BCUT2D eigenvalue weighted by atomic mass is 16.7. The summed E-state index contributed by atoms with van der Waals surface area (Å²) in [4.78, 5) is 16.9. The Balaban J connectivity index is 2.44. The lowest BCUT2D eigenvalue weighted by atomic mass is 9.92. The van der Waals surface area contributed by atoms with E-state index in [9.17, 15) is 4.79 Å². The van der Waals surface area contributed by atoms with Crippen LogP contribution < -0.4 is 0 Å². The lowest BCUT2D eigenvalue weighted by molar-refractivity contribution is -0.203. The van der Waals surface area contributed by atoms with Gasteiger partial charge in [-0.3, -0.25) is 9.63 Å². The highest BCUT2D eigenvalue weighted by molar-refractivity contribution is 5.82. The minimum atomic E-state index is 0.116. The molecule has 0 aliphatic carbocycles. The Bertz CT molecular complexity index is 182. The van der Waals surface area contributed by atoms with Gasteiger partial charge >= 0.3 is 0 Å². The zero-order valence-corrected chi connectivity index (χ0v) is 8.75. The van der Waals surface area contributed by atoms with Crippen LogP contribution in [0.1, 0.15) is 33.6 Å². The second kappa shape index (κ2) is 4.72. The van der Waals surface area contributed by atoms with Crippen molar-refractivity contribution in [1.82, 2.24) is 5.06 Å². The van der Waals surface area contributed by atoms with Crippen LogP contribution in [-0.2, 0) is 9.63 Å². The number of hydroxylamine groups is 2. The highest BCUT2D eigenvalue weighted by Crippen LogP contribution is 2.20. The maximum absolute atomic E-state index is 11.3. The molecule has 1 saturated heterocycles. The van der Waals surface area contributed by atoms with E-state index in [1.54, 1.807) is 0 Å². The average Bonchev–Trinajstić information content (AvgIpc) is 2.13. The average molecular weight is 185 g/mol. The maximum atomic E-state index is 11.3. The van der Waals surface area contributed by atoms with E-state index in [1.807, 2.05) is 12.0 Å². The van der Waals surface area contributed by atoms with Crippen molar-refractivity contribution >= 4 is 5.78 Å². The molecule has 1 heterocycles. The fourth-order valence-corrected chi connectivity index (χ4v) is 1.56. The van der Waals surface area contributed by atoms with E-state index in [0.717, 1.165) is 19.6 Å². The lowest BCUT2D eigenvalue weighted by Gasteiger charge is -2.35. The zero-order chi connectivity index (χ0) is 9.84. The van der Waals surface area contributed by atoms with E-state index < -0.39 is 0 Å². The van der Waals surface area contributed by atoms with Crippen LogP contribution in [0.25, 0.3) is 0 Å². The van der Waals surface area contributed by atoms with Crippen LogP contribution in [-0.4, -0.2) is 30.0 Å². The number of rotatable bonds is 3. The van der Waals surface area contributed by atoms with Crippen molar-refractivity contribution in [1.29, 1.82) is 0 Å². The molecule has 1 rings (SSSR count). The van der Waals surface area contributed by atoms with Gasteiger partial charge in [-0.25, -0.2) is 0 Å². The second-order valence-corrected chi connectivity index (χ2v) is 3.72. The minimum Gasteiger partial charge on any atom is -0.299 e. The molecule has 1 aliphatic rings. The van der Waals surface area contributed by atoms with Crippen LogP contribution in [0.4, 0.5) is 0 Å². The molecule has 0 saturated carbocycles. The first-order chi connectivity index (χ1) is 6.16. The quantitative estimate of drug-likeness (QED) is 0.669. The van der Waals surface area contributed by atoms with Crippen molar-refractivity contribution in [2.75, 3.05) is 13.2 Å². The molecule has 3 heteroatoms. The molecule has 0 aromatic heterocycles. The standard InChI is InChI=1S/C10H19NO2/c1-4-7-13-11-6-5-10(12)8(2)9(11)3/h8-9H,4-7H2,1-3H3. The number of hydrogen-bond acceptors (Lipinski definition) is 3. The Hall–Kier alpha value is -0.410. The van der Waals surface area contributed by atoms with Crippen LogP contribution in [0.15, 0.2) is 0 Å². The van der Waals surface area contributed by atoms with Gasteiger partial charge in [0, 0.05) is 24.9 Å². The van der Waals surface area contributed by atoms with E-state index in [4.69, 9.17) is 4.84 Å². The molecular formula is C10H19NO2. The molecule has 0 bridgehead atoms. The first-order valence-electron chi connectivity index (χ1n) is 5.09. The van der Waals surface area contributed by atoms with E-state index in [0.29, 0.717) is 12.2 Å². The molecule has 2 unspecified atom stereocenters. The molecular weight excluding hydrogens is 166 g/mol. The largest absolute Gasteiger partial charge is 0.299 e.